The number of hydrogen-bond donors (Lipinski definition) is 2. The van der Waals surface area contributed by atoms with Gasteiger partial charge in [0.1, 0.15) is 5.75 Å². The van der Waals surface area contributed by atoms with Gasteiger partial charge in [0.2, 0.25) is 0 Å². The first-order valence-corrected chi connectivity index (χ1v) is 6.00. The fraction of sp³-hybridized carbons (Fsp3) is 0.538. The molecule has 1 atom stereocenters. The van der Waals surface area contributed by atoms with Crippen LogP contribution in [0.25, 0.3) is 0 Å². The smallest absolute Gasteiger partial charge is 0.119 e. The molecular weight excluding hydrogens is 200 g/mol. The molecule has 0 bridgehead atoms. The number of nitrogens with two attached hydrogens (primary N) is 1. The highest BCUT2D eigenvalue weighted by Gasteiger charge is 2.05. The summed E-state index contributed by atoms with van der Waals surface area (Å²) >= 11 is 0. The highest BCUT2D eigenvalue weighted by Crippen LogP contribution is 2.10. The zero-order chi connectivity index (χ0) is 11.6. The van der Waals surface area contributed by atoms with Crippen molar-refractivity contribution in [2.45, 2.75) is 38.6 Å². The van der Waals surface area contributed by atoms with Gasteiger partial charge in [-0.05, 0) is 25.0 Å². The first-order valence-electron chi connectivity index (χ1n) is 6.00. The van der Waals surface area contributed by atoms with Gasteiger partial charge in [0, 0.05) is 6.04 Å². The van der Waals surface area contributed by atoms with Gasteiger partial charge in [-0.2, -0.15) is 0 Å². The monoisotopic (exact) mass is 222 g/mol. The maximum atomic E-state index is 5.62. The lowest BCUT2D eigenvalue weighted by atomic mass is 10.1. The van der Waals surface area contributed by atoms with Crippen molar-refractivity contribution in [2.75, 3.05) is 6.61 Å². The number of hydrogen-bond acceptors (Lipinski definition) is 3. The van der Waals surface area contributed by atoms with E-state index in [9.17, 15) is 0 Å². The Hall–Kier alpha value is -1.06. The van der Waals surface area contributed by atoms with Crippen LogP contribution < -0.4 is 16.0 Å². The lowest BCUT2D eigenvalue weighted by Gasteiger charge is -2.15. The molecule has 1 rings (SSSR count). The van der Waals surface area contributed by atoms with Gasteiger partial charge < -0.3 is 4.74 Å². The topological polar surface area (TPSA) is 47.3 Å². The van der Waals surface area contributed by atoms with Crippen molar-refractivity contribution in [3.05, 3.63) is 30.3 Å². The van der Waals surface area contributed by atoms with E-state index in [0.717, 1.165) is 18.6 Å². The Labute approximate surface area is 98.0 Å². The molecule has 1 unspecified atom stereocenters. The Balaban J connectivity index is 2.18. The van der Waals surface area contributed by atoms with Crippen molar-refractivity contribution < 1.29 is 4.74 Å². The zero-order valence-electron chi connectivity index (χ0n) is 9.99. The minimum atomic E-state index is 0.365. The third-order valence-corrected chi connectivity index (χ3v) is 2.62. The number of unbranched alkanes of at least 4 members (excludes halogenated alkanes) is 1. The number of hydrazine groups is 1. The number of rotatable bonds is 8. The summed E-state index contributed by atoms with van der Waals surface area (Å²) in [6.45, 7) is 2.90. The van der Waals surface area contributed by atoms with Gasteiger partial charge in [0.25, 0.3) is 0 Å². The molecule has 0 aliphatic carbocycles. The average molecular weight is 222 g/mol. The Morgan fingerprint density at radius 2 is 2.00 bits per heavy atom. The molecule has 0 saturated carbocycles. The van der Waals surface area contributed by atoms with Crippen LogP contribution in [0.1, 0.15) is 32.6 Å². The summed E-state index contributed by atoms with van der Waals surface area (Å²) in [6, 6.07) is 10.2. The third kappa shape index (κ3) is 5.14. The van der Waals surface area contributed by atoms with Gasteiger partial charge in [-0.1, -0.05) is 38.0 Å². The summed E-state index contributed by atoms with van der Waals surface area (Å²) in [6.07, 6.45) is 4.48. The number of para-hydroxylation sites is 1. The fourth-order valence-corrected chi connectivity index (χ4v) is 1.60. The van der Waals surface area contributed by atoms with E-state index in [1.807, 2.05) is 30.3 Å². The molecular formula is C13H22N2O. The lowest BCUT2D eigenvalue weighted by Crippen LogP contribution is -2.36. The van der Waals surface area contributed by atoms with Crippen molar-refractivity contribution in [1.82, 2.24) is 5.43 Å². The van der Waals surface area contributed by atoms with Crippen LogP contribution in [0.2, 0.25) is 0 Å². The van der Waals surface area contributed by atoms with Crippen molar-refractivity contribution >= 4 is 0 Å². The highest BCUT2D eigenvalue weighted by molar-refractivity contribution is 5.20. The van der Waals surface area contributed by atoms with Gasteiger partial charge in [-0.25, -0.2) is 0 Å². The maximum absolute atomic E-state index is 5.62. The summed E-state index contributed by atoms with van der Waals surface area (Å²) in [5.41, 5.74) is 2.84. The standard InChI is InChI=1S/C13H22N2O/c1-2-3-7-12(15-14)10-11-16-13-8-5-4-6-9-13/h4-6,8-9,12,15H,2-3,7,10-11,14H2,1H3. The molecule has 0 amide bonds. The number of benzene rings is 1. The Morgan fingerprint density at radius 3 is 2.62 bits per heavy atom. The quantitative estimate of drug-likeness (QED) is 0.525. The first kappa shape index (κ1) is 13.0. The Morgan fingerprint density at radius 1 is 1.25 bits per heavy atom. The summed E-state index contributed by atoms with van der Waals surface area (Å²) in [7, 11) is 0. The molecule has 1 aromatic rings. The van der Waals surface area contributed by atoms with E-state index in [-0.39, 0.29) is 0 Å². The summed E-state index contributed by atoms with van der Waals surface area (Å²) in [5.74, 6) is 6.41. The van der Waals surface area contributed by atoms with E-state index < -0.39 is 0 Å². The van der Waals surface area contributed by atoms with Crippen LogP contribution in [0.3, 0.4) is 0 Å². The normalized spacial score (nSPS) is 12.4. The molecule has 16 heavy (non-hydrogen) atoms. The molecule has 0 aliphatic heterocycles. The van der Waals surface area contributed by atoms with E-state index in [0.29, 0.717) is 12.6 Å². The molecule has 3 heteroatoms. The van der Waals surface area contributed by atoms with Crippen LogP contribution >= 0.6 is 0 Å². The van der Waals surface area contributed by atoms with Gasteiger partial charge in [0.15, 0.2) is 0 Å². The SMILES string of the molecule is CCCCC(CCOc1ccccc1)NN. The van der Waals surface area contributed by atoms with Crippen LogP contribution in [-0.4, -0.2) is 12.6 Å². The maximum Gasteiger partial charge on any atom is 0.119 e. The second-order valence-corrected chi connectivity index (χ2v) is 3.96. The molecule has 0 saturated heterocycles. The molecule has 90 valence electrons. The van der Waals surface area contributed by atoms with Crippen LogP contribution in [0.15, 0.2) is 30.3 Å². The molecule has 0 radical (unpaired) electrons. The second kappa shape index (κ2) is 8.13. The zero-order valence-corrected chi connectivity index (χ0v) is 9.99. The molecule has 0 heterocycles. The van der Waals surface area contributed by atoms with Gasteiger partial charge in [-0.3, -0.25) is 11.3 Å². The van der Waals surface area contributed by atoms with E-state index >= 15 is 0 Å². The van der Waals surface area contributed by atoms with Crippen LogP contribution in [0.5, 0.6) is 5.75 Å². The highest BCUT2D eigenvalue weighted by atomic mass is 16.5. The third-order valence-electron chi connectivity index (χ3n) is 2.62. The predicted molar refractivity (Wildman–Crippen MR) is 67.2 cm³/mol. The largest absolute Gasteiger partial charge is 0.494 e. The second-order valence-electron chi connectivity index (χ2n) is 3.96. The molecule has 0 aliphatic rings. The minimum Gasteiger partial charge on any atom is -0.494 e. The lowest BCUT2D eigenvalue weighted by molar-refractivity contribution is 0.280. The van der Waals surface area contributed by atoms with Crippen molar-refractivity contribution in [1.29, 1.82) is 0 Å². The van der Waals surface area contributed by atoms with Crippen LogP contribution in [-0.2, 0) is 0 Å². The summed E-state index contributed by atoms with van der Waals surface area (Å²) < 4.78 is 5.62. The molecule has 0 fully saturated rings. The average Bonchev–Trinajstić information content (AvgIpc) is 2.35. The van der Waals surface area contributed by atoms with E-state index in [2.05, 4.69) is 12.3 Å². The predicted octanol–water partition coefficient (Wildman–Crippen LogP) is 2.48. The van der Waals surface area contributed by atoms with Gasteiger partial charge in [0.05, 0.1) is 6.61 Å². The first-order chi connectivity index (χ1) is 7.86. The van der Waals surface area contributed by atoms with Crippen LogP contribution in [0.4, 0.5) is 0 Å². The molecule has 3 nitrogen and oxygen atoms in total. The summed E-state index contributed by atoms with van der Waals surface area (Å²) in [5, 5.41) is 0. The van der Waals surface area contributed by atoms with Gasteiger partial charge in [-0.15, -0.1) is 0 Å². The minimum absolute atomic E-state index is 0.365. The van der Waals surface area contributed by atoms with Crippen molar-refractivity contribution in [3.8, 4) is 5.75 Å². The molecule has 3 N–H and O–H groups in total. The molecule has 0 spiro atoms. The van der Waals surface area contributed by atoms with E-state index in [4.69, 9.17) is 10.6 Å². The Bertz CT molecular complexity index is 264. The number of ether oxygens (including phenoxy) is 1. The van der Waals surface area contributed by atoms with E-state index in [1.54, 1.807) is 0 Å². The van der Waals surface area contributed by atoms with Crippen molar-refractivity contribution in [3.63, 3.8) is 0 Å². The van der Waals surface area contributed by atoms with Gasteiger partial charge >= 0.3 is 0 Å². The Kier molecular flexibility index (Phi) is 6.61. The van der Waals surface area contributed by atoms with Crippen LogP contribution in [0, 0.1) is 0 Å². The summed E-state index contributed by atoms with van der Waals surface area (Å²) in [4.78, 5) is 0. The van der Waals surface area contributed by atoms with E-state index in [1.165, 1.54) is 12.8 Å². The molecule has 0 aromatic heterocycles. The fourth-order valence-electron chi connectivity index (χ4n) is 1.60. The molecule has 1 aromatic carbocycles. The number of nitrogens with one attached hydrogen (secondary N) is 1. The van der Waals surface area contributed by atoms with Crippen molar-refractivity contribution in [2.24, 2.45) is 5.84 Å².